The lowest BCUT2D eigenvalue weighted by molar-refractivity contribution is -0.114. The van der Waals surface area contributed by atoms with E-state index in [9.17, 15) is 9.59 Å². The minimum atomic E-state index is -0.377. The second kappa shape index (κ2) is 6.40. The summed E-state index contributed by atoms with van der Waals surface area (Å²) in [4.78, 5) is 22.7. The Hall–Kier alpha value is -2.05. The van der Waals surface area contributed by atoms with Crippen LogP contribution in [0.25, 0.3) is 0 Å². The zero-order chi connectivity index (χ0) is 14.5. The maximum Gasteiger partial charge on any atom is 0.323 e. The van der Waals surface area contributed by atoms with Crippen LogP contribution in [0.3, 0.4) is 0 Å². The number of rotatable bonds is 3. The topological polar surface area (TPSA) is 70.2 Å². The van der Waals surface area contributed by atoms with E-state index in [1.54, 1.807) is 24.3 Å². The molecule has 2 rings (SSSR count). The van der Waals surface area contributed by atoms with Crippen molar-refractivity contribution in [2.45, 2.75) is 6.92 Å². The van der Waals surface area contributed by atoms with E-state index >= 15 is 0 Å². The molecule has 2 aromatic rings. The van der Waals surface area contributed by atoms with Gasteiger partial charge in [0.2, 0.25) is 5.91 Å². The van der Waals surface area contributed by atoms with Gasteiger partial charge >= 0.3 is 6.03 Å². The van der Waals surface area contributed by atoms with Gasteiger partial charge in [-0.25, -0.2) is 4.79 Å². The number of anilines is 3. The average molecular weight is 310 g/mol. The second-order valence-corrected chi connectivity index (χ2v) is 5.15. The van der Waals surface area contributed by atoms with Gasteiger partial charge in [0.25, 0.3) is 0 Å². The van der Waals surface area contributed by atoms with E-state index in [-0.39, 0.29) is 11.9 Å². The molecule has 0 atom stereocenters. The lowest BCUT2D eigenvalue weighted by Gasteiger charge is -2.09. The van der Waals surface area contributed by atoms with Crippen molar-refractivity contribution in [3.8, 4) is 0 Å². The summed E-state index contributed by atoms with van der Waals surface area (Å²) in [6.07, 6.45) is 0. The summed E-state index contributed by atoms with van der Waals surface area (Å²) in [5.41, 5.74) is 1.76. The summed E-state index contributed by atoms with van der Waals surface area (Å²) in [7, 11) is 0. The van der Waals surface area contributed by atoms with E-state index in [0.717, 1.165) is 5.69 Å². The van der Waals surface area contributed by atoms with Crippen molar-refractivity contribution in [2.75, 3.05) is 16.0 Å². The molecule has 0 radical (unpaired) electrons. The normalized spacial score (nSPS) is 9.90. The van der Waals surface area contributed by atoms with E-state index in [2.05, 4.69) is 16.0 Å². The van der Waals surface area contributed by atoms with Crippen LogP contribution in [0.5, 0.6) is 0 Å². The van der Waals surface area contributed by atoms with Gasteiger partial charge in [-0.2, -0.15) is 11.3 Å². The van der Waals surface area contributed by atoms with Gasteiger partial charge in [-0.3, -0.25) is 4.79 Å². The second-order valence-electron chi connectivity index (χ2n) is 3.97. The molecule has 7 heteroatoms. The number of amides is 3. The highest BCUT2D eigenvalue weighted by Crippen LogP contribution is 2.25. The number of carbonyl (C=O) groups is 2. The molecule has 1 aromatic heterocycles. The largest absolute Gasteiger partial charge is 0.326 e. The molecule has 0 spiro atoms. The van der Waals surface area contributed by atoms with Crippen LogP contribution >= 0.6 is 22.9 Å². The Balaban J connectivity index is 2.02. The van der Waals surface area contributed by atoms with Crippen molar-refractivity contribution >= 4 is 51.9 Å². The summed E-state index contributed by atoms with van der Waals surface area (Å²) in [5.74, 6) is -0.183. The Kier molecular flexibility index (Phi) is 4.60. The number of hydrogen-bond acceptors (Lipinski definition) is 3. The molecule has 0 saturated carbocycles. The minimum absolute atomic E-state index is 0.183. The minimum Gasteiger partial charge on any atom is -0.326 e. The first kappa shape index (κ1) is 14.4. The maximum atomic E-state index is 11.7. The number of halogens is 1. The molecule has 1 heterocycles. The van der Waals surface area contributed by atoms with Crippen LogP contribution in [0.1, 0.15) is 6.92 Å². The molecule has 0 bridgehead atoms. The number of carbonyl (C=O) groups excluding carboxylic acids is 2. The van der Waals surface area contributed by atoms with Crippen LogP contribution in [-0.2, 0) is 4.79 Å². The third-order valence-corrected chi connectivity index (χ3v) is 3.31. The van der Waals surface area contributed by atoms with E-state index in [1.807, 2.05) is 10.8 Å². The zero-order valence-corrected chi connectivity index (χ0v) is 12.1. The van der Waals surface area contributed by atoms with Crippen molar-refractivity contribution in [3.05, 3.63) is 40.0 Å². The molecule has 0 aliphatic carbocycles. The number of urea groups is 1. The molecular formula is C13H12ClN3O2S. The molecule has 0 saturated heterocycles. The van der Waals surface area contributed by atoms with E-state index < -0.39 is 0 Å². The zero-order valence-electron chi connectivity index (χ0n) is 10.6. The third-order valence-electron chi connectivity index (χ3n) is 2.32. The van der Waals surface area contributed by atoms with E-state index in [4.69, 9.17) is 11.6 Å². The van der Waals surface area contributed by atoms with Crippen molar-refractivity contribution < 1.29 is 9.59 Å². The summed E-state index contributed by atoms with van der Waals surface area (Å²) in [5, 5.41) is 12.0. The molecule has 104 valence electrons. The summed E-state index contributed by atoms with van der Waals surface area (Å²) in [6, 6.07) is 6.28. The molecule has 3 N–H and O–H groups in total. The highest BCUT2D eigenvalue weighted by Gasteiger charge is 2.07. The standard InChI is InChI=1S/C13H12ClN3O2S/c1-8(18)15-9-2-3-12(11(14)6-9)17-13(19)16-10-4-5-20-7-10/h2-7H,1H3,(H,15,18)(H2,16,17,19). The van der Waals surface area contributed by atoms with Crippen LogP contribution in [-0.4, -0.2) is 11.9 Å². The lowest BCUT2D eigenvalue weighted by Crippen LogP contribution is -2.19. The molecule has 20 heavy (non-hydrogen) atoms. The SMILES string of the molecule is CC(=O)Nc1ccc(NC(=O)Nc2ccsc2)c(Cl)c1. The van der Waals surface area contributed by atoms with Gasteiger partial charge in [-0.15, -0.1) is 0 Å². The molecular weight excluding hydrogens is 298 g/mol. The third kappa shape index (κ3) is 3.97. The molecule has 0 fully saturated rings. The smallest absolute Gasteiger partial charge is 0.323 e. The van der Waals surface area contributed by atoms with Gasteiger partial charge < -0.3 is 16.0 Å². The summed E-state index contributed by atoms with van der Waals surface area (Å²) >= 11 is 7.54. The van der Waals surface area contributed by atoms with Crippen molar-refractivity contribution in [2.24, 2.45) is 0 Å². The predicted octanol–water partition coefficient (Wildman–Crippen LogP) is 4.00. The Morgan fingerprint density at radius 3 is 2.50 bits per heavy atom. The molecule has 3 amide bonds. The monoisotopic (exact) mass is 309 g/mol. The van der Waals surface area contributed by atoms with Gasteiger partial charge in [-0.05, 0) is 29.6 Å². The highest BCUT2D eigenvalue weighted by atomic mass is 35.5. The summed E-state index contributed by atoms with van der Waals surface area (Å²) in [6.45, 7) is 1.41. The molecule has 0 unspecified atom stereocenters. The van der Waals surface area contributed by atoms with E-state index in [1.165, 1.54) is 18.3 Å². The number of nitrogens with one attached hydrogen (secondary N) is 3. The Morgan fingerprint density at radius 2 is 1.90 bits per heavy atom. The summed E-state index contributed by atoms with van der Waals surface area (Å²) < 4.78 is 0. The highest BCUT2D eigenvalue weighted by molar-refractivity contribution is 7.08. The lowest BCUT2D eigenvalue weighted by atomic mass is 10.2. The van der Waals surface area contributed by atoms with Gasteiger partial charge in [0.05, 0.1) is 16.4 Å². The first-order valence-corrected chi connectivity index (χ1v) is 7.04. The van der Waals surface area contributed by atoms with E-state index in [0.29, 0.717) is 16.4 Å². The van der Waals surface area contributed by atoms with Gasteiger partial charge in [0.15, 0.2) is 0 Å². The Morgan fingerprint density at radius 1 is 1.10 bits per heavy atom. The molecule has 0 aliphatic rings. The van der Waals surface area contributed by atoms with Crippen molar-refractivity contribution in [3.63, 3.8) is 0 Å². The van der Waals surface area contributed by atoms with Crippen molar-refractivity contribution in [1.29, 1.82) is 0 Å². The Bertz CT molecular complexity index is 629. The average Bonchev–Trinajstić information content (AvgIpc) is 2.84. The van der Waals surface area contributed by atoms with Crippen LogP contribution in [0, 0.1) is 0 Å². The molecule has 0 aliphatic heterocycles. The number of thiophene rings is 1. The first-order chi connectivity index (χ1) is 9.54. The van der Waals surface area contributed by atoms with Gasteiger partial charge in [0, 0.05) is 18.0 Å². The Labute approximate surface area is 124 Å². The fourth-order valence-electron chi connectivity index (χ4n) is 1.52. The van der Waals surface area contributed by atoms with Crippen LogP contribution < -0.4 is 16.0 Å². The van der Waals surface area contributed by atoms with Crippen LogP contribution in [0.4, 0.5) is 21.9 Å². The number of benzene rings is 1. The predicted molar refractivity (Wildman–Crippen MR) is 82.7 cm³/mol. The van der Waals surface area contributed by atoms with Crippen LogP contribution in [0.2, 0.25) is 5.02 Å². The fourth-order valence-corrected chi connectivity index (χ4v) is 2.33. The van der Waals surface area contributed by atoms with Crippen LogP contribution in [0.15, 0.2) is 35.0 Å². The number of hydrogen-bond donors (Lipinski definition) is 3. The quantitative estimate of drug-likeness (QED) is 0.802. The maximum absolute atomic E-state index is 11.7. The van der Waals surface area contributed by atoms with Gasteiger partial charge in [-0.1, -0.05) is 11.6 Å². The fraction of sp³-hybridized carbons (Fsp3) is 0.0769. The first-order valence-electron chi connectivity index (χ1n) is 5.72. The molecule has 1 aromatic carbocycles. The van der Waals surface area contributed by atoms with Gasteiger partial charge in [0.1, 0.15) is 0 Å². The molecule has 5 nitrogen and oxygen atoms in total. The van der Waals surface area contributed by atoms with Crippen molar-refractivity contribution in [1.82, 2.24) is 0 Å².